The summed E-state index contributed by atoms with van der Waals surface area (Å²) in [5.41, 5.74) is 0.823. The van der Waals surface area contributed by atoms with Crippen molar-refractivity contribution in [1.82, 2.24) is 25.1 Å². The molecule has 2 aromatic heterocycles. The predicted molar refractivity (Wildman–Crippen MR) is 112 cm³/mol. The molecular formula is C19H30N6O2S. The highest BCUT2D eigenvalue weighted by atomic mass is 32.2. The van der Waals surface area contributed by atoms with Gasteiger partial charge in [0.15, 0.2) is 10.8 Å². The number of nitrogens with one attached hydrogen (secondary N) is 1. The summed E-state index contributed by atoms with van der Waals surface area (Å²) >= 11 is 1.63. The average molecular weight is 407 g/mol. The molecule has 0 spiro atoms. The van der Waals surface area contributed by atoms with Crippen LogP contribution in [0.25, 0.3) is 11.0 Å². The summed E-state index contributed by atoms with van der Waals surface area (Å²) in [5.74, 6) is 2.04. The van der Waals surface area contributed by atoms with Crippen molar-refractivity contribution in [3.63, 3.8) is 0 Å². The van der Waals surface area contributed by atoms with Crippen molar-refractivity contribution < 1.29 is 9.53 Å². The highest BCUT2D eigenvalue weighted by Crippen LogP contribution is 2.27. The fourth-order valence-electron chi connectivity index (χ4n) is 3.38. The number of amides is 1. The van der Waals surface area contributed by atoms with Crippen LogP contribution in [0.5, 0.6) is 0 Å². The van der Waals surface area contributed by atoms with Crippen molar-refractivity contribution >= 4 is 34.5 Å². The summed E-state index contributed by atoms with van der Waals surface area (Å²) in [6.07, 6.45) is 3.56. The fourth-order valence-corrected chi connectivity index (χ4v) is 3.94. The van der Waals surface area contributed by atoms with Gasteiger partial charge in [0.05, 0.1) is 31.3 Å². The van der Waals surface area contributed by atoms with Crippen molar-refractivity contribution in [2.24, 2.45) is 5.92 Å². The number of carbonyl (C=O) groups is 1. The maximum absolute atomic E-state index is 12.2. The lowest BCUT2D eigenvalue weighted by Gasteiger charge is -2.28. The number of hydrogen-bond donors (Lipinski definition) is 1. The van der Waals surface area contributed by atoms with Gasteiger partial charge in [-0.2, -0.15) is 5.10 Å². The molecule has 28 heavy (non-hydrogen) atoms. The molecule has 2 aromatic rings. The molecule has 8 nitrogen and oxygen atoms in total. The van der Waals surface area contributed by atoms with Gasteiger partial charge in [-0.3, -0.25) is 4.79 Å². The van der Waals surface area contributed by atoms with Gasteiger partial charge in [0, 0.05) is 25.6 Å². The number of morpholine rings is 1. The van der Waals surface area contributed by atoms with Gasteiger partial charge in [0.1, 0.15) is 5.82 Å². The van der Waals surface area contributed by atoms with Gasteiger partial charge in [-0.25, -0.2) is 14.6 Å². The maximum atomic E-state index is 12.2. The first-order chi connectivity index (χ1) is 13.7. The number of hydrogen-bond acceptors (Lipinski definition) is 7. The van der Waals surface area contributed by atoms with Crippen LogP contribution in [-0.4, -0.2) is 64.3 Å². The summed E-state index contributed by atoms with van der Waals surface area (Å²) < 4.78 is 7.35. The normalized spacial score (nSPS) is 14.8. The van der Waals surface area contributed by atoms with E-state index < -0.39 is 0 Å². The Morgan fingerprint density at radius 2 is 2.00 bits per heavy atom. The van der Waals surface area contributed by atoms with Gasteiger partial charge in [0.25, 0.3) is 0 Å². The van der Waals surface area contributed by atoms with Crippen molar-refractivity contribution in [2.45, 2.75) is 45.3 Å². The SMILES string of the molecule is CCSc1nc(N2CCOCC2)c2cnn(CCNC(=O)C(CC)CC)c2n1. The van der Waals surface area contributed by atoms with E-state index in [1.54, 1.807) is 11.8 Å². The lowest BCUT2D eigenvalue weighted by Crippen LogP contribution is -2.37. The van der Waals surface area contributed by atoms with Gasteiger partial charge in [0.2, 0.25) is 5.91 Å². The molecule has 0 bridgehead atoms. The molecule has 154 valence electrons. The van der Waals surface area contributed by atoms with Gasteiger partial charge in [-0.15, -0.1) is 0 Å². The van der Waals surface area contributed by atoms with Crippen LogP contribution in [0, 0.1) is 5.92 Å². The van der Waals surface area contributed by atoms with Crippen LogP contribution in [-0.2, 0) is 16.1 Å². The Hall–Kier alpha value is -1.87. The highest BCUT2D eigenvalue weighted by Gasteiger charge is 2.20. The Bertz CT molecular complexity index is 786. The molecule has 0 aliphatic carbocycles. The maximum Gasteiger partial charge on any atom is 0.223 e. The molecule has 1 aliphatic rings. The van der Waals surface area contributed by atoms with E-state index in [-0.39, 0.29) is 11.8 Å². The standard InChI is InChI=1S/C19H30N6O2S/c1-4-14(5-2)18(26)20-7-8-25-17-15(13-21-25)16(22-19(23-17)28-6-3)24-9-11-27-12-10-24/h13-14H,4-12H2,1-3H3,(H,20,26). The zero-order valence-corrected chi connectivity index (χ0v) is 17.8. The smallest absolute Gasteiger partial charge is 0.223 e. The van der Waals surface area contributed by atoms with Gasteiger partial charge < -0.3 is 15.0 Å². The van der Waals surface area contributed by atoms with Crippen molar-refractivity contribution in [3.05, 3.63) is 6.20 Å². The molecular weight excluding hydrogens is 376 g/mol. The van der Waals surface area contributed by atoms with Crippen molar-refractivity contribution in [3.8, 4) is 0 Å². The Kier molecular flexibility index (Phi) is 7.50. The fraction of sp³-hybridized carbons (Fsp3) is 0.684. The minimum atomic E-state index is 0.0807. The minimum Gasteiger partial charge on any atom is -0.378 e. The van der Waals surface area contributed by atoms with E-state index in [4.69, 9.17) is 14.7 Å². The van der Waals surface area contributed by atoms with Crippen LogP contribution < -0.4 is 10.2 Å². The van der Waals surface area contributed by atoms with E-state index in [0.29, 0.717) is 26.3 Å². The molecule has 0 aromatic carbocycles. The average Bonchev–Trinajstić information content (AvgIpc) is 3.12. The molecule has 9 heteroatoms. The Morgan fingerprint density at radius 1 is 1.25 bits per heavy atom. The third-order valence-corrected chi connectivity index (χ3v) is 5.75. The van der Waals surface area contributed by atoms with E-state index in [0.717, 1.165) is 53.7 Å². The quantitative estimate of drug-likeness (QED) is 0.505. The largest absolute Gasteiger partial charge is 0.378 e. The molecule has 0 radical (unpaired) electrons. The molecule has 1 amide bonds. The van der Waals surface area contributed by atoms with E-state index in [9.17, 15) is 4.79 Å². The Morgan fingerprint density at radius 3 is 2.68 bits per heavy atom. The third kappa shape index (κ3) is 4.75. The molecule has 1 N–H and O–H groups in total. The summed E-state index contributed by atoms with van der Waals surface area (Å²) in [6, 6.07) is 0. The number of aromatic nitrogens is 4. The third-order valence-electron chi connectivity index (χ3n) is 5.02. The van der Waals surface area contributed by atoms with Crippen molar-refractivity contribution in [2.75, 3.05) is 43.5 Å². The molecule has 1 aliphatic heterocycles. The van der Waals surface area contributed by atoms with Gasteiger partial charge >= 0.3 is 0 Å². The first kappa shape index (κ1) is 20.9. The lowest BCUT2D eigenvalue weighted by molar-refractivity contribution is -0.125. The Balaban J connectivity index is 1.79. The number of carbonyl (C=O) groups excluding carboxylic acids is 1. The molecule has 1 fully saturated rings. The molecule has 1 saturated heterocycles. The minimum absolute atomic E-state index is 0.0807. The van der Waals surface area contributed by atoms with Crippen LogP contribution >= 0.6 is 11.8 Å². The topological polar surface area (TPSA) is 85.2 Å². The van der Waals surface area contributed by atoms with Gasteiger partial charge in [-0.1, -0.05) is 32.5 Å². The molecule has 0 atom stereocenters. The van der Waals surface area contributed by atoms with E-state index in [1.165, 1.54) is 0 Å². The zero-order chi connectivity index (χ0) is 19.9. The van der Waals surface area contributed by atoms with Crippen LogP contribution in [0.1, 0.15) is 33.6 Å². The van der Waals surface area contributed by atoms with Gasteiger partial charge in [-0.05, 0) is 18.6 Å². The summed E-state index contributed by atoms with van der Waals surface area (Å²) in [6.45, 7) is 10.4. The number of rotatable bonds is 9. The highest BCUT2D eigenvalue weighted by molar-refractivity contribution is 7.99. The number of ether oxygens (including phenoxy) is 1. The number of fused-ring (bicyclic) bond motifs is 1. The van der Waals surface area contributed by atoms with Crippen LogP contribution in [0.3, 0.4) is 0 Å². The number of anilines is 1. The van der Waals surface area contributed by atoms with Crippen molar-refractivity contribution in [1.29, 1.82) is 0 Å². The molecule has 0 unspecified atom stereocenters. The lowest BCUT2D eigenvalue weighted by atomic mass is 10.0. The summed E-state index contributed by atoms with van der Waals surface area (Å²) in [5, 5.41) is 9.28. The second kappa shape index (κ2) is 10.1. The first-order valence-electron chi connectivity index (χ1n) is 10.1. The zero-order valence-electron chi connectivity index (χ0n) is 17.0. The van der Waals surface area contributed by atoms with E-state index >= 15 is 0 Å². The van der Waals surface area contributed by atoms with E-state index in [2.05, 4.69) is 22.2 Å². The van der Waals surface area contributed by atoms with Crippen LogP contribution in [0.15, 0.2) is 11.4 Å². The second-order valence-corrected chi connectivity index (χ2v) is 8.00. The number of nitrogens with zero attached hydrogens (tertiary/aromatic N) is 5. The first-order valence-corrected chi connectivity index (χ1v) is 11.1. The second-order valence-electron chi connectivity index (χ2n) is 6.77. The van der Waals surface area contributed by atoms with E-state index in [1.807, 2.05) is 24.7 Å². The monoisotopic (exact) mass is 406 g/mol. The van der Waals surface area contributed by atoms with Crippen LogP contribution in [0.4, 0.5) is 5.82 Å². The summed E-state index contributed by atoms with van der Waals surface area (Å²) in [4.78, 5) is 24.0. The Labute approximate surface area is 170 Å². The number of thioether (sulfide) groups is 1. The molecule has 3 heterocycles. The molecule has 0 saturated carbocycles. The summed E-state index contributed by atoms with van der Waals surface area (Å²) in [7, 11) is 0. The van der Waals surface area contributed by atoms with Crippen LogP contribution in [0.2, 0.25) is 0 Å². The predicted octanol–water partition coefficient (Wildman–Crippen LogP) is 2.33. The molecule has 3 rings (SSSR count).